The molecule has 2 aliphatic carbocycles. The van der Waals surface area contributed by atoms with Gasteiger partial charge in [-0.2, -0.15) is 0 Å². The van der Waals surface area contributed by atoms with Crippen molar-refractivity contribution >= 4 is 39.5 Å². The molecule has 306 valence electrons. The summed E-state index contributed by atoms with van der Waals surface area (Å²) < 4.78 is 76.3. The van der Waals surface area contributed by atoms with Crippen molar-refractivity contribution in [2.75, 3.05) is 11.9 Å². The number of likely N-dealkylation sites (tertiary alicyclic amines) is 1. The molecular weight excluding hydrogens is 756 g/mol. The number of benzene rings is 2. The van der Waals surface area contributed by atoms with Crippen LogP contribution in [0.3, 0.4) is 0 Å². The minimum atomic E-state index is -4.94. The number of nitrogens with one attached hydrogen (secondary N) is 3. The zero-order valence-corrected chi connectivity index (χ0v) is 33.2. The van der Waals surface area contributed by atoms with E-state index >= 15 is 0 Å². The average molecular weight is 806 g/mol. The van der Waals surface area contributed by atoms with Crippen molar-refractivity contribution in [1.29, 1.82) is 0 Å². The van der Waals surface area contributed by atoms with Gasteiger partial charge in [-0.15, -0.1) is 13.2 Å². The van der Waals surface area contributed by atoms with Crippen LogP contribution in [0.1, 0.15) is 90.3 Å². The zero-order valence-electron chi connectivity index (χ0n) is 32.4. The highest BCUT2D eigenvalue weighted by Crippen LogP contribution is 2.48. The Labute approximate surface area is 325 Å². The highest BCUT2D eigenvalue weighted by Gasteiger charge is 2.63. The van der Waals surface area contributed by atoms with Crippen molar-refractivity contribution in [1.82, 2.24) is 19.8 Å². The number of rotatable bonds is 12. The predicted molar refractivity (Wildman–Crippen MR) is 199 cm³/mol. The quantitative estimate of drug-likeness (QED) is 0.256. The van der Waals surface area contributed by atoms with E-state index in [1.165, 1.54) is 17.0 Å². The molecule has 2 aromatic carbocycles. The second-order valence-electron chi connectivity index (χ2n) is 16.7. The number of sulfonamides is 1. The number of carbonyl (C=O) groups is 4. The van der Waals surface area contributed by atoms with Gasteiger partial charge in [-0.25, -0.2) is 13.2 Å². The van der Waals surface area contributed by atoms with Gasteiger partial charge in [0.15, 0.2) is 0 Å². The first-order chi connectivity index (χ1) is 26.1. The van der Waals surface area contributed by atoms with Gasteiger partial charge >= 0.3 is 12.5 Å². The van der Waals surface area contributed by atoms with E-state index in [1.54, 1.807) is 32.6 Å². The first-order valence-corrected chi connectivity index (χ1v) is 20.4. The first-order valence-electron chi connectivity index (χ1n) is 19.0. The number of aryl methyl sites for hydroxylation is 1. The van der Waals surface area contributed by atoms with Gasteiger partial charge in [0.2, 0.25) is 21.8 Å². The summed E-state index contributed by atoms with van der Waals surface area (Å²) in [5.74, 6) is -3.05. The molecule has 1 saturated heterocycles. The fourth-order valence-corrected chi connectivity index (χ4v) is 9.01. The Morgan fingerprint density at radius 1 is 1.02 bits per heavy atom. The van der Waals surface area contributed by atoms with Gasteiger partial charge in [-0.05, 0) is 72.8 Å². The number of halogens is 3. The van der Waals surface area contributed by atoms with E-state index in [0.717, 1.165) is 35.2 Å². The molecule has 5 atom stereocenters. The first kappa shape index (κ1) is 41.1. The maximum Gasteiger partial charge on any atom is 0.573 e. The lowest BCUT2D eigenvalue weighted by Gasteiger charge is -2.36. The third-order valence-electron chi connectivity index (χ3n) is 11.5. The molecule has 0 aromatic heterocycles. The average Bonchev–Trinajstić information content (AvgIpc) is 3.92. The van der Waals surface area contributed by atoms with E-state index in [-0.39, 0.29) is 31.0 Å². The van der Waals surface area contributed by atoms with Crippen LogP contribution in [0.4, 0.5) is 23.7 Å². The third kappa shape index (κ3) is 8.42. The van der Waals surface area contributed by atoms with Crippen molar-refractivity contribution < 1.29 is 50.2 Å². The van der Waals surface area contributed by atoms with Crippen LogP contribution in [0, 0.1) is 11.3 Å². The molecular formula is C39H50F3N5O8S. The number of fused-ring (bicyclic) bond motifs is 1. The van der Waals surface area contributed by atoms with Crippen molar-refractivity contribution in [2.45, 2.75) is 128 Å². The van der Waals surface area contributed by atoms with Crippen LogP contribution in [0.2, 0.25) is 0 Å². The second-order valence-corrected chi connectivity index (χ2v) is 18.9. The Bertz CT molecular complexity index is 2000. The van der Waals surface area contributed by atoms with E-state index in [2.05, 4.69) is 20.1 Å². The molecule has 3 fully saturated rings. The standard InChI is InChI=1S/C39H50F3N5O8S/c1-7-23-11-9-12-24-20-46(22-29(23)24)35(51)54-28-18-30(32(48)44-38(19-25(38)8-2)34(50)45-56(52,53)37(6)15-16-37)47(21-28)33(49)31(36(3,4)5)43-26-13-10-14-27(17-26)55-39(40,41)42/h9-14,17,25,28,30-31,43H,7-8,15-16,18-22H2,1-6H3,(H,44,48)(H,45,50). The van der Waals surface area contributed by atoms with Gasteiger partial charge in [-0.3, -0.25) is 24.0 Å². The lowest BCUT2D eigenvalue weighted by molar-refractivity contribution is -0.274. The van der Waals surface area contributed by atoms with Gasteiger partial charge in [0.05, 0.1) is 11.3 Å². The van der Waals surface area contributed by atoms with Crippen LogP contribution in [0.5, 0.6) is 5.75 Å². The zero-order chi connectivity index (χ0) is 41.0. The van der Waals surface area contributed by atoms with E-state index < -0.39 is 79.8 Å². The van der Waals surface area contributed by atoms with E-state index in [0.29, 0.717) is 32.4 Å². The summed E-state index contributed by atoms with van der Waals surface area (Å²) in [7, 11) is -4.02. The van der Waals surface area contributed by atoms with Crippen molar-refractivity contribution in [3.8, 4) is 5.75 Å². The molecule has 2 saturated carbocycles. The monoisotopic (exact) mass is 805 g/mol. The number of anilines is 1. The Kier molecular flexibility index (Phi) is 10.8. The summed E-state index contributed by atoms with van der Waals surface area (Å²) in [6.07, 6.45) is -4.40. The summed E-state index contributed by atoms with van der Waals surface area (Å²) >= 11 is 0. The molecule has 2 aliphatic heterocycles. The SMILES string of the molecule is CCc1cccc2c1CN(C(=O)OC1CC(C(=O)NC3(C(=O)NS(=O)(=O)C4(C)CC4)CC3CC)N(C(=O)C(Nc3cccc(OC(F)(F)F)c3)C(C)(C)C)C1)C2. The number of ether oxygens (including phenoxy) is 2. The molecule has 17 heteroatoms. The van der Waals surface area contributed by atoms with Gasteiger partial charge in [-0.1, -0.05) is 65.3 Å². The molecule has 0 bridgehead atoms. The molecule has 13 nitrogen and oxygen atoms in total. The molecule has 3 N–H and O–H groups in total. The number of nitrogens with zero attached hydrogens (tertiary/aromatic N) is 2. The summed E-state index contributed by atoms with van der Waals surface area (Å²) in [4.78, 5) is 59.0. The van der Waals surface area contributed by atoms with Crippen molar-refractivity contribution in [2.24, 2.45) is 11.3 Å². The normalized spacial score (nSPS) is 24.5. The Morgan fingerprint density at radius 3 is 2.32 bits per heavy atom. The fourth-order valence-electron chi connectivity index (χ4n) is 7.70. The van der Waals surface area contributed by atoms with Crippen LogP contribution in [-0.2, 0) is 48.7 Å². The van der Waals surface area contributed by atoms with Gasteiger partial charge in [0, 0.05) is 31.3 Å². The number of amides is 4. The summed E-state index contributed by atoms with van der Waals surface area (Å²) in [6.45, 7) is 11.1. The molecule has 56 heavy (non-hydrogen) atoms. The molecule has 4 amide bonds. The smallest absolute Gasteiger partial charge is 0.444 e. The summed E-state index contributed by atoms with van der Waals surface area (Å²) in [5, 5.41) is 5.82. The van der Waals surface area contributed by atoms with Crippen LogP contribution in [0.25, 0.3) is 0 Å². The minimum Gasteiger partial charge on any atom is -0.444 e. The van der Waals surface area contributed by atoms with Gasteiger partial charge in [0.25, 0.3) is 5.91 Å². The van der Waals surface area contributed by atoms with Crippen LogP contribution < -0.4 is 20.1 Å². The lowest BCUT2D eigenvalue weighted by Crippen LogP contribution is -2.59. The number of alkyl halides is 3. The second kappa shape index (κ2) is 14.8. The van der Waals surface area contributed by atoms with Crippen LogP contribution in [-0.4, -0.2) is 83.4 Å². The van der Waals surface area contributed by atoms with Crippen LogP contribution in [0.15, 0.2) is 42.5 Å². The molecule has 5 unspecified atom stereocenters. The molecule has 2 aromatic rings. The lowest BCUT2D eigenvalue weighted by atomic mass is 9.85. The highest BCUT2D eigenvalue weighted by molar-refractivity contribution is 7.91. The highest BCUT2D eigenvalue weighted by atomic mass is 32.2. The number of hydrogen-bond acceptors (Lipinski definition) is 9. The number of hydrogen-bond donors (Lipinski definition) is 3. The fraction of sp³-hybridized carbons (Fsp3) is 0.590. The topological polar surface area (TPSA) is 163 Å². The largest absolute Gasteiger partial charge is 0.573 e. The Balaban J connectivity index is 1.25. The maximum absolute atomic E-state index is 14.6. The van der Waals surface area contributed by atoms with E-state index in [4.69, 9.17) is 4.74 Å². The Morgan fingerprint density at radius 2 is 1.71 bits per heavy atom. The summed E-state index contributed by atoms with van der Waals surface area (Å²) in [6, 6.07) is 8.57. The molecule has 0 radical (unpaired) electrons. The molecule has 0 spiro atoms. The van der Waals surface area contributed by atoms with Crippen LogP contribution >= 0.6 is 0 Å². The third-order valence-corrected chi connectivity index (χ3v) is 13.7. The van der Waals surface area contributed by atoms with Gasteiger partial charge < -0.3 is 25.0 Å². The van der Waals surface area contributed by atoms with Gasteiger partial charge in [0.1, 0.15) is 29.5 Å². The minimum absolute atomic E-state index is 0.124. The maximum atomic E-state index is 14.6. The van der Waals surface area contributed by atoms with Crippen molar-refractivity contribution in [3.05, 3.63) is 59.2 Å². The predicted octanol–water partition coefficient (Wildman–Crippen LogP) is 5.38. The summed E-state index contributed by atoms with van der Waals surface area (Å²) in [5.41, 5.74) is 0.907. The molecule has 6 rings (SSSR count). The van der Waals surface area contributed by atoms with E-state index in [9.17, 15) is 40.8 Å². The molecule has 4 aliphatic rings. The Hall–Kier alpha value is -4.54. The van der Waals surface area contributed by atoms with E-state index in [1.807, 2.05) is 32.0 Å². The number of carbonyl (C=O) groups excluding carboxylic acids is 4. The molecule has 2 heterocycles. The van der Waals surface area contributed by atoms with Crippen molar-refractivity contribution in [3.63, 3.8) is 0 Å².